The summed E-state index contributed by atoms with van der Waals surface area (Å²) in [7, 11) is 3.18. The van der Waals surface area contributed by atoms with Crippen molar-refractivity contribution in [3.8, 4) is 0 Å². The molecule has 0 fully saturated rings. The number of nitrogens with zero attached hydrogens (tertiary/aromatic N) is 2. The molecule has 0 saturated carbocycles. The number of halogens is 2. The van der Waals surface area contributed by atoms with E-state index < -0.39 is 17.3 Å². The van der Waals surface area contributed by atoms with Crippen LogP contribution in [0, 0.1) is 9.39 Å². The fourth-order valence-electron chi connectivity index (χ4n) is 3.14. The Morgan fingerprint density at radius 3 is 2.57 bits per heavy atom. The fourth-order valence-corrected chi connectivity index (χ4v) is 3.60. The van der Waals surface area contributed by atoms with Gasteiger partial charge in [-0.05, 0) is 40.8 Å². The topological polar surface area (TPSA) is 96.5 Å². The molecule has 28 heavy (non-hydrogen) atoms. The van der Waals surface area contributed by atoms with Gasteiger partial charge in [-0.15, -0.1) is 0 Å². The number of nitrogens with one attached hydrogen (secondary N) is 1. The molecule has 0 radical (unpaired) electrons. The van der Waals surface area contributed by atoms with Crippen molar-refractivity contribution >= 4 is 45.0 Å². The number of benzene rings is 1. The summed E-state index contributed by atoms with van der Waals surface area (Å²) >= 11 is 1.98. The Hall–Kier alpha value is -2.24. The predicted molar refractivity (Wildman–Crippen MR) is 113 cm³/mol. The average Bonchev–Trinajstić information content (AvgIpc) is 2.63. The summed E-state index contributed by atoms with van der Waals surface area (Å²) in [4.78, 5) is 25.5. The lowest BCUT2D eigenvalue weighted by Crippen LogP contribution is -2.26. The minimum Gasteiger partial charge on any atom is -0.396 e. The van der Waals surface area contributed by atoms with Crippen molar-refractivity contribution in [2.24, 2.45) is 14.1 Å². The third kappa shape index (κ3) is 3.69. The first kappa shape index (κ1) is 20.5. The number of pyridine rings is 2. The molecule has 2 heterocycles. The number of aryl methyl sites for hydroxylation is 2. The zero-order valence-electron chi connectivity index (χ0n) is 15.2. The van der Waals surface area contributed by atoms with Crippen LogP contribution in [0.15, 0.2) is 40.1 Å². The van der Waals surface area contributed by atoms with E-state index in [0.29, 0.717) is 9.22 Å². The molecule has 3 rings (SSSR count). The standard InChI is InChI=1S/C19H19FIN3O4/c1-23-9-11(15(26)5-6-25)18(28)17-14(8-16(27)24(2)19(17)23)22-13-4-3-10(21)7-12(13)20/h3-4,7-9,15,22,25-26H,5-6H2,1-2H3/t15-/m1/s1. The van der Waals surface area contributed by atoms with Gasteiger partial charge in [-0.3, -0.25) is 14.2 Å². The van der Waals surface area contributed by atoms with Gasteiger partial charge in [0.15, 0.2) is 5.43 Å². The Bertz CT molecular complexity index is 1170. The number of hydrogen-bond donors (Lipinski definition) is 3. The second kappa shape index (κ2) is 8.02. The highest BCUT2D eigenvalue weighted by Gasteiger charge is 2.20. The van der Waals surface area contributed by atoms with Crippen molar-refractivity contribution in [2.75, 3.05) is 11.9 Å². The largest absolute Gasteiger partial charge is 0.396 e. The van der Waals surface area contributed by atoms with E-state index in [4.69, 9.17) is 5.11 Å². The summed E-state index contributed by atoms with van der Waals surface area (Å²) in [5.74, 6) is -0.519. The number of hydrogen-bond acceptors (Lipinski definition) is 5. The van der Waals surface area contributed by atoms with E-state index >= 15 is 0 Å². The highest BCUT2D eigenvalue weighted by Crippen LogP contribution is 2.26. The maximum atomic E-state index is 14.3. The van der Waals surface area contributed by atoms with Crippen LogP contribution < -0.4 is 16.3 Å². The molecule has 0 spiro atoms. The zero-order valence-corrected chi connectivity index (χ0v) is 17.4. The third-order valence-corrected chi connectivity index (χ3v) is 5.20. The van der Waals surface area contributed by atoms with E-state index in [-0.39, 0.29) is 40.9 Å². The zero-order chi connectivity index (χ0) is 20.6. The predicted octanol–water partition coefficient (Wildman–Crippen LogP) is 2.14. The Morgan fingerprint density at radius 1 is 1.21 bits per heavy atom. The van der Waals surface area contributed by atoms with Crippen LogP contribution in [-0.2, 0) is 14.1 Å². The van der Waals surface area contributed by atoms with E-state index in [2.05, 4.69) is 5.32 Å². The van der Waals surface area contributed by atoms with Crippen molar-refractivity contribution in [3.05, 3.63) is 66.0 Å². The van der Waals surface area contributed by atoms with Crippen LogP contribution in [0.5, 0.6) is 0 Å². The van der Waals surface area contributed by atoms with E-state index in [1.807, 2.05) is 22.6 Å². The normalized spacial score (nSPS) is 12.4. The average molecular weight is 499 g/mol. The summed E-state index contributed by atoms with van der Waals surface area (Å²) in [5, 5.41) is 22.3. The second-order valence-corrected chi connectivity index (χ2v) is 7.70. The molecule has 148 valence electrons. The summed E-state index contributed by atoms with van der Waals surface area (Å²) in [5.41, 5.74) is -0.174. The minimum absolute atomic E-state index is 0.00101. The molecule has 0 unspecified atom stereocenters. The van der Waals surface area contributed by atoms with Crippen LogP contribution in [0.4, 0.5) is 15.8 Å². The SMILES string of the molecule is Cn1cc([C@H](O)CCO)c(=O)c2c(Nc3ccc(I)cc3F)cc(=O)n(C)c21. The first-order valence-electron chi connectivity index (χ1n) is 8.49. The number of aliphatic hydroxyl groups excluding tert-OH is 2. The molecule has 0 amide bonds. The molecule has 3 N–H and O–H groups in total. The molecule has 0 saturated heterocycles. The first-order chi connectivity index (χ1) is 13.2. The van der Waals surface area contributed by atoms with Crippen molar-refractivity contribution in [2.45, 2.75) is 12.5 Å². The summed E-state index contributed by atoms with van der Waals surface area (Å²) in [6.07, 6.45) is 0.286. The van der Waals surface area contributed by atoms with Crippen molar-refractivity contribution < 1.29 is 14.6 Å². The molecular weight excluding hydrogens is 480 g/mol. The molecule has 2 aromatic heterocycles. The third-order valence-electron chi connectivity index (χ3n) is 4.53. The summed E-state index contributed by atoms with van der Waals surface area (Å²) in [6, 6.07) is 5.78. The van der Waals surface area contributed by atoms with Gasteiger partial charge in [0.25, 0.3) is 5.56 Å². The highest BCUT2D eigenvalue weighted by atomic mass is 127. The first-order valence-corrected chi connectivity index (χ1v) is 9.56. The molecular formula is C19H19FIN3O4. The van der Waals surface area contributed by atoms with Gasteiger partial charge in [-0.1, -0.05) is 0 Å². The van der Waals surface area contributed by atoms with Gasteiger partial charge >= 0.3 is 0 Å². The van der Waals surface area contributed by atoms with Crippen LogP contribution >= 0.6 is 22.6 Å². The van der Waals surface area contributed by atoms with Crippen molar-refractivity contribution in [1.29, 1.82) is 0 Å². The van der Waals surface area contributed by atoms with Crippen LogP contribution in [0.1, 0.15) is 18.1 Å². The number of aromatic nitrogens is 2. The number of fused-ring (bicyclic) bond motifs is 1. The van der Waals surface area contributed by atoms with Crippen LogP contribution in [-0.4, -0.2) is 26.0 Å². The molecule has 3 aromatic rings. The van der Waals surface area contributed by atoms with Gasteiger partial charge in [0.05, 0.1) is 22.9 Å². The van der Waals surface area contributed by atoms with Crippen LogP contribution in [0.3, 0.4) is 0 Å². The number of rotatable bonds is 5. The Kier molecular flexibility index (Phi) is 5.87. The highest BCUT2D eigenvalue weighted by molar-refractivity contribution is 14.1. The minimum atomic E-state index is -1.16. The monoisotopic (exact) mass is 499 g/mol. The summed E-state index contributed by atoms with van der Waals surface area (Å²) < 4.78 is 17.9. The van der Waals surface area contributed by atoms with Gasteiger partial charge in [-0.25, -0.2) is 4.39 Å². The molecule has 0 aliphatic rings. The number of anilines is 2. The van der Waals surface area contributed by atoms with Gasteiger partial charge in [0, 0.05) is 48.5 Å². The molecule has 0 bridgehead atoms. The molecule has 1 aromatic carbocycles. The maximum absolute atomic E-state index is 14.3. The van der Waals surface area contributed by atoms with E-state index in [1.165, 1.54) is 36.0 Å². The van der Waals surface area contributed by atoms with Gasteiger partial charge in [-0.2, -0.15) is 0 Å². The fraction of sp³-hybridized carbons (Fsp3) is 0.263. The van der Waals surface area contributed by atoms with Crippen LogP contribution in [0.25, 0.3) is 11.0 Å². The molecule has 9 heteroatoms. The Balaban J connectivity index is 2.31. The Labute approximate surface area is 173 Å². The molecule has 0 aliphatic carbocycles. The van der Waals surface area contributed by atoms with E-state index in [0.717, 1.165) is 0 Å². The Morgan fingerprint density at radius 2 is 1.93 bits per heavy atom. The molecule has 7 nitrogen and oxygen atoms in total. The van der Waals surface area contributed by atoms with Gasteiger partial charge in [0.1, 0.15) is 11.5 Å². The lowest BCUT2D eigenvalue weighted by atomic mass is 10.1. The van der Waals surface area contributed by atoms with Crippen LogP contribution in [0.2, 0.25) is 0 Å². The van der Waals surface area contributed by atoms with Crippen molar-refractivity contribution in [3.63, 3.8) is 0 Å². The quantitative estimate of drug-likeness (QED) is 0.468. The molecule has 1 atom stereocenters. The lowest BCUT2D eigenvalue weighted by molar-refractivity contribution is 0.133. The smallest absolute Gasteiger partial charge is 0.253 e. The summed E-state index contributed by atoms with van der Waals surface area (Å²) in [6.45, 7) is -0.283. The number of aliphatic hydroxyl groups is 2. The van der Waals surface area contributed by atoms with Gasteiger partial charge < -0.3 is 20.1 Å². The van der Waals surface area contributed by atoms with E-state index in [1.54, 1.807) is 17.7 Å². The second-order valence-electron chi connectivity index (χ2n) is 6.46. The van der Waals surface area contributed by atoms with Gasteiger partial charge in [0.2, 0.25) is 0 Å². The maximum Gasteiger partial charge on any atom is 0.253 e. The van der Waals surface area contributed by atoms with E-state index in [9.17, 15) is 19.1 Å². The van der Waals surface area contributed by atoms with Crippen molar-refractivity contribution in [1.82, 2.24) is 9.13 Å². The molecule has 0 aliphatic heterocycles. The lowest BCUT2D eigenvalue weighted by Gasteiger charge is -2.18.